The van der Waals surface area contributed by atoms with Crippen molar-refractivity contribution in [1.29, 1.82) is 0 Å². The van der Waals surface area contributed by atoms with Gasteiger partial charge in [-0.05, 0) is 49.6 Å². The van der Waals surface area contributed by atoms with Crippen molar-refractivity contribution < 1.29 is 14.4 Å². The van der Waals surface area contributed by atoms with Crippen LogP contribution in [0.2, 0.25) is 5.02 Å². The summed E-state index contributed by atoms with van der Waals surface area (Å²) in [6.45, 7) is 3.47. The smallest absolute Gasteiger partial charge is 0.253 e. The second-order valence-electron chi connectivity index (χ2n) is 7.09. The summed E-state index contributed by atoms with van der Waals surface area (Å²) in [7, 11) is 0. The molecule has 2 aromatic rings. The maximum absolute atomic E-state index is 12.5. The Labute approximate surface area is 175 Å². The average Bonchev–Trinajstić information content (AvgIpc) is 3.26. The second kappa shape index (κ2) is 9.56. The van der Waals surface area contributed by atoms with Crippen molar-refractivity contribution in [2.24, 2.45) is 0 Å². The first-order chi connectivity index (χ1) is 14.0. The lowest BCUT2D eigenvalue weighted by Crippen LogP contribution is -2.44. The first-order valence-electron chi connectivity index (χ1n) is 9.67. The summed E-state index contributed by atoms with van der Waals surface area (Å²) in [6, 6.07) is 13.2. The summed E-state index contributed by atoms with van der Waals surface area (Å²) in [5.74, 6) is -0.700. The van der Waals surface area contributed by atoms with Gasteiger partial charge in [0.25, 0.3) is 11.8 Å². The number of carbonyl (C=O) groups is 3. The Bertz CT molecular complexity index is 910. The van der Waals surface area contributed by atoms with E-state index in [-0.39, 0.29) is 18.4 Å². The molecular formula is C22H24ClN3O3. The third-order valence-electron chi connectivity index (χ3n) is 4.89. The molecule has 0 aromatic heterocycles. The molecule has 1 saturated heterocycles. The lowest BCUT2D eigenvalue weighted by molar-refractivity contribution is -0.122. The SMILES string of the molecule is CC(NC(=O)c1ccccc1Cl)C(=O)NCc1cccc(C(=O)N2CCCC2)c1. The highest BCUT2D eigenvalue weighted by atomic mass is 35.5. The monoisotopic (exact) mass is 413 g/mol. The van der Waals surface area contributed by atoms with E-state index in [0.717, 1.165) is 31.5 Å². The summed E-state index contributed by atoms with van der Waals surface area (Å²) >= 11 is 6.02. The maximum Gasteiger partial charge on any atom is 0.253 e. The van der Waals surface area contributed by atoms with Crippen LogP contribution < -0.4 is 10.6 Å². The van der Waals surface area contributed by atoms with Crippen molar-refractivity contribution in [2.75, 3.05) is 13.1 Å². The van der Waals surface area contributed by atoms with Gasteiger partial charge in [-0.15, -0.1) is 0 Å². The highest BCUT2D eigenvalue weighted by Gasteiger charge is 2.20. The molecule has 3 rings (SSSR count). The fourth-order valence-electron chi connectivity index (χ4n) is 3.24. The van der Waals surface area contributed by atoms with Gasteiger partial charge in [0.15, 0.2) is 0 Å². The van der Waals surface area contributed by atoms with Crippen LogP contribution in [0.15, 0.2) is 48.5 Å². The number of hydrogen-bond acceptors (Lipinski definition) is 3. The Balaban J connectivity index is 1.54. The molecule has 0 radical (unpaired) electrons. The van der Waals surface area contributed by atoms with E-state index in [2.05, 4.69) is 10.6 Å². The molecule has 1 aliphatic heterocycles. The number of halogens is 1. The third-order valence-corrected chi connectivity index (χ3v) is 5.22. The van der Waals surface area contributed by atoms with Gasteiger partial charge in [-0.2, -0.15) is 0 Å². The van der Waals surface area contributed by atoms with E-state index >= 15 is 0 Å². The third kappa shape index (κ3) is 5.35. The molecule has 0 aliphatic carbocycles. The molecule has 2 N–H and O–H groups in total. The van der Waals surface area contributed by atoms with Gasteiger partial charge < -0.3 is 15.5 Å². The fourth-order valence-corrected chi connectivity index (χ4v) is 3.47. The Morgan fingerprint density at radius 2 is 1.79 bits per heavy atom. The predicted octanol–water partition coefficient (Wildman–Crippen LogP) is 3.01. The summed E-state index contributed by atoms with van der Waals surface area (Å²) < 4.78 is 0. The van der Waals surface area contributed by atoms with Gasteiger partial charge in [-0.1, -0.05) is 35.9 Å². The van der Waals surface area contributed by atoms with E-state index < -0.39 is 11.9 Å². The molecule has 0 bridgehead atoms. The van der Waals surface area contributed by atoms with Gasteiger partial charge in [0, 0.05) is 25.2 Å². The van der Waals surface area contributed by atoms with E-state index in [4.69, 9.17) is 11.6 Å². The molecular weight excluding hydrogens is 390 g/mol. The van der Waals surface area contributed by atoms with Crippen LogP contribution in [0, 0.1) is 0 Å². The molecule has 1 heterocycles. The number of nitrogens with one attached hydrogen (secondary N) is 2. The van der Waals surface area contributed by atoms with Crippen molar-refractivity contribution >= 4 is 29.3 Å². The zero-order chi connectivity index (χ0) is 20.8. The Hall–Kier alpha value is -2.86. The van der Waals surface area contributed by atoms with Gasteiger partial charge in [0.1, 0.15) is 6.04 Å². The van der Waals surface area contributed by atoms with Crippen molar-refractivity contribution in [1.82, 2.24) is 15.5 Å². The molecule has 29 heavy (non-hydrogen) atoms. The first kappa shape index (κ1) is 20.9. The largest absolute Gasteiger partial charge is 0.350 e. The number of nitrogens with zero attached hydrogens (tertiary/aromatic N) is 1. The van der Waals surface area contributed by atoms with Crippen molar-refractivity contribution in [2.45, 2.75) is 32.4 Å². The molecule has 1 unspecified atom stereocenters. The molecule has 1 atom stereocenters. The zero-order valence-corrected chi connectivity index (χ0v) is 17.0. The molecule has 7 heteroatoms. The fraction of sp³-hybridized carbons (Fsp3) is 0.318. The van der Waals surface area contributed by atoms with Crippen LogP contribution in [0.4, 0.5) is 0 Å². The van der Waals surface area contributed by atoms with Crippen LogP contribution in [0.3, 0.4) is 0 Å². The summed E-state index contributed by atoms with van der Waals surface area (Å²) in [5.41, 5.74) is 1.77. The Morgan fingerprint density at radius 3 is 2.52 bits per heavy atom. The summed E-state index contributed by atoms with van der Waals surface area (Å²) in [4.78, 5) is 39.0. The Morgan fingerprint density at radius 1 is 1.07 bits per heavy atom. The minimum Gasteiger partial charge on any atom is -0.350 e. The van der Waals surface area contributed by atoms with Crippen LogP contribution in [0.25, 0.3) is 0 Å². The van der Waals surface area contributed by atoms with Crippen molar-refractivity contribution in [3.8, 4) is 0 Å². The van der Waals surface area contributed by atoms with E-state index in [1.54, 1.807) is 43.3 Å². The average molecular weight is 414 g/mol. The number of benzene rings is 2. The quantitative estimate of drug-likeness (QED) is 0.764. The van der Waals surface area contributed by atoms with Crippen molar-refractivity contribution in [3.05, 3.63) is 70.2 Å². The van der Waals surface area contributed by atoms with Crippen LogP contribution in [0.1, 0.15) is 46.0 Å². The number of hydrogen-bond donors (Lipinski definition) is 2. The lowest BCUT2D eigenvalue weighted by Gasteiger charge is -2.16. The maximum atomic E-state index is 12.5. The first-order valence-corrected chi connectivity index (χ1v) is 10.0. The number of carbonyl (C=O) groups excluding carboxylic acids is 3. The van der Waals surface area contributed by atoms with Crippen LogP contribution in [0.5, 0.6) is 0 Å². The van der Waals surface area contributed by atoms with Crippen LogP contribution in [-0.4, -0.2) is 41.8 Å². The van der Waals surface area contributed by atoms with E-state index in [1.807, 2.05) is 17.0 Å². The second-order valence-corrected chi connectivity index (χ2v) is 7.50. The number of rotatable bonds is 6. The highest BCUT2D eigenvalue weighted by Crippen LogP contribution is 2.15. The van der Waals surface area contributed by atoms with E-state index in [9.17, 15) is 14.4 Å². The minimum atomic E-state index is -0.729. The molecule has 2 aromatic carbocycles. The zero-order valence-electron chi connectivity index (χ0n) is 16.3. The van der Waals surface area contributed by atoms with Crippen LogP contribution in [-0.2, 0) is 11.3 Å². The highest BCUT2D eigenvalue weighted by molar-refractivity contribution is 6.33. The van der Waals surface area contributed by atoms with E-state index in [0.29, 0.717) is 16.1 Å². The molecule has 152 valence electrons. The van der Waals surface area contributed by atoms with Gasteiger partial charge in [-0.3, -0.25) is 14.4 Å². The molecule has 0 saturated carbocycles. The topological polar surface area (TPSA) is 78.5 Å². The normalized spacial score (nSPS) is 14.3. The predicted molar refractivity (Wildman–Crippen MR) is 112 cm³/mol. The van der Waals surface area contributed by atoms with Crippen molar-refractivity contribution in [3.63, 3.8) is 0 Å². The van der Waals surface area contributed by atoms with Gasteiger partial charge >= 0.3 is 0 Å². The molecule has 0 spiro atoms. The number of likely N-dealkylation sites (tertiary alicyclic amines) is 1. The summed E-state index contributed by atoms with van der Waals surface area (Å²) in [5, 5.41) is 5.77. The Kier molecular flexibility index (Phi) is 6.88. The van der Waals surface area contributed by atoms with Crippen LogP contribution >= 0.6 is 11.6 Å². The van der Waals surface area contributed by atoms with E-state index in [1.165, 1.54) is 0 Å². The minimum absolute atomic E-state index is 0.0241. The van der Waals surface area contributed by atoms with Gasteiger partial charge in [0.05, 0.1) is 10.6 Å². The lowest BCUT2D eigenvalue weighted by atomic mass is 10.1. The molecule has 6 nitrogen and oxygen atoms in total. The number of amides is 3. The molecule has 1 fully saturated rings. The standard InChI is InChI=1S/C22H24ClN3O3/c1-15(25-21(28)18-9-2-3-10-19(18)23)20(27)24-14-16-7-6-8-17(13-16)22(29)26-11-4-5-12-26/h2-3,6-10,13,15H,4-5,11-12,14H2,1H3,(H,24,27)(H,25,28). The van der Waals surface area contributed by atoms with Gasteiger partial charge in [-0.25, -0.2) is 0 Å². The van der Waals surface area contributed by atoms with Gasteiger partial charge in [0.2, 0.25) is 5.91 Å². The molecule has 3 amide bonds. The molecule has 1 aliphatic rings. The summed E-state index contributed by atoms with van der Waals surface area (Å²) in [6.07, 6.45) is 2.08.